The van der Waals surface area contributed by atoms with Crippen molar-refractivity contribution in [2.45, 2.75) is 19.0 Å². The number of hydrogen-bond donors (Lipinski definition) is 0. The number of para-hydroxylation sites is 1. The van der Waals surface area contributed by atoms with Gasteiger partial charge in [0, 0.05) is 11.6 Å². The molecule has 0 aromatic heterocycles. The zero-order valence-corrected chi connectivity index (χ0v) is 15.3. The molecule has 2 atom stereocenters. The number of carbonyl (C=O) groups is 1. The Morgan fingerprint density at radius 3 is 2.14 bits per heavy atom. The smallest absolute Gasteiger partial charge is 0.272 e. The van der Waals surface area contributed by atoms with E-state index in [9.17, 15) is 28.5 Å². The summed E-state index contributed by atoms with van der Waals surface area (Å²) in [5, 5.41) is 24.4. The predicted octanol–water partition coefficient (Wildman–Crippen LogP) is 4.49. The van der Waals surface area contributed by atoms with Crippen molar-refractivity contribution in [3.63, 3.8) is 0 Å². The van der Waals surface area contributed by atoms with Gasteiger partial charge in [0.15, 0.2) is 0 Å². The Balaban J connectivity index is 2.03. The van der Waals surface area contributed by atoms with Crippen molar-refractivity contribution in [1.82, 2.24) is 0 Å². The van der Waals surface area contributed by atoms with Crippen molar-refractivity contribution >= 4 is 17.3 Å². The number of rotatable bonds is 4. The molecule has 0 bridgehead atoms. The average molecular weight is 396 g/mol. The summed E-state index contributed by atoms with van der Waals surface area (Å²) in [4.78, 5) is 13.1. The van der Waals surface area contributed by atoms with Gasteiger partial charge in [0.1, 0.15) is 5.92 Å². The molecule has 146 valence electrons. The van der Waals surface area contributed by atoms with Crippen LogP contribution in [0.3, 0.4) is 0 Å². The lowest BCUT2D eigenvalue weighted by molar-refractivity contribution is -0.137. The van der Waals surface area contributed by atoms with Crippen molar-refractivity contribution in [3.8, 4) is 12.1 Å². The number of alkyl halides is 3. The normalized spacial score (nSPS) is 17.6. The van der Waals surface area contributed by atoms with E-state index in [0.29, 0.717) is 17.0 Å². The van der Waals surface area contributed by atoms with Gasteiger partial charge in [-0.1, -0.05) is 30.3 Å². The lowest BCUT2D eigenvalue weighted by Gasteiger charge is -2.24. The monoisotopic (exact) mass is 396 g/mol. The number of hydrazone groups is 1. The van der Waals surface area contributed by atoms with Crippen LogP contribution < -0.4 is 5.01 Å². The molecule has 1 heterocycles. The van der Waals surface area contributed by atoms with Crippen LogP contribution >= 0.6 is 0 Å². The highest BCUT2D eigenvalue weighted by Crippen LogP contribution is 2.39. The molecule has 2 aromatic rings. The van der Waals surface area contributed by atoms with Crippen LogP contribution in [0.25, 0.3) is 0 Å². The fourth-order valence-corrected chi connectivity index (χ4v) is 3.41. The van der Waals surface area contributed by atoms with Crippen molar-refractivity contribution in [2.24, 2.45) is 16.9 Å². The van der Waals surface area contributed by atoms with E-state index < -0.39 is 35.4 Å². The van der Waals surface area contributed by atoms with Crippen LogP contribution in [-0.2, 0) is 11.0 Å². The Morgan fingerprint density at radius 1 is 1.03 bits per heavy atom. The summed E-state index contributed by atoms with van der Waals surface area (Å²) in [5.74, 6) is -3.55. The maximum atomic E-state index is 13.1. The number of hydrogen-bond acceptors (Lipinski definition) is 4. The molecule has 1 aliphatic heterocycles. The zero-order valence-electron chi connectivity index (χ0n) is 15.3. The van der Waals surface area contributed by atoms with E-state index in [1.807, 2.05) is 12.1 Å². The first-order valence-electron chi connectivity index (χ1n) is 8.68. The minimum atomic E-state index is -4.51. The SMILES string of the molecule is CC1=NN(c2ccccc2)C(=O)C1C(c1ccc(C(F)(F)F)cc1)C(C#N)C#N. The Labute approximate surface area is 165 Å². The molecule has 0 saturated carbocycles. The topological polar surface area (TPSA) is 80.2 Å². The molecule has 8 heteroatoms. The van der Waals surface area contributed by atoms with Crippen molar-refractivity contribution in [2.75, 3.05) is 5.01 Å². The maximum Gasteiger partial charge on any atom is 0.416 e. The zero-order chi connectivity index (χ0) is 21.2. The molecule has 0 spiro atoms. The molecule has 1 aliphatic rings. The van der Waals surface area contributed by atoms with Gasteiger partial charge in [-0.05, 0) is 36.8 Å². The third-order valence-corrected chi connectivity index (χ3v) is 4.80. The number of nitrogens with zero attached hydrogens (tertiary/aromatic N) is 4. The molecule has 0 N–H and O–H groups in total. The molecule has 3 rings (SSSR count). The second-order valence-electron chi connectivity index (χ2n) is 6.59. The van der Waals surface area contributed by atoms with E-state index >= 15 is 0 Å². The molecule has 2 aromatic carbocycles. The summed E-state index contributed by atoms with van der Waals surface area (Å²) >= 11 is 0. The van der Waals surface area contributed by atoms with Crippen LogP contribution in [0.1, 0.15) is 24.0 Å². The van der Waals surface area contributed by atoms with Crippen LogP contribution in [0.2, 0.25) is 0 Å². The first-order chi connectivity index (χ1) is 13.8. The van der Waals surface area contributed by atoms with E-state index in [0.717, 1.165) is 12.1 Å². The van der Waals surface area contributed by atoms with Gasteiger partial charge in [-0.25, -0.2) is 5.01 Å². The molecule has 0 aliphatic carbocycles. The maximum absolute atomic E-state index is 13.1. The summed E-state index contributed by atoms with van der Waals surface area (Å²) in [6, 6.07) is 16.5. The second kappa shape index (κ2) is 7.76. The number of halogens is 3. The molecular formula is C21H15F3N4O. The van der Waals surface area contributed by atoms with Crippen LogP contribution in [0, 0.1) is 34.5 Å². The largest absolute Gasteiger partial charge is 0.416 e. The van der Waals surface area contributed by atoms with Gasteiger partial charge in [-0.2, -0.15) is 28.8 Å². The minimum Gasteiger partial charge on any atom is -0.272 e. The standard InChI is InChI=1S/C21H15F3N4O/c1-13-18(20(29)28(27-13)17-5-3-2-4-6-17)19(15(11-25)12-26)14-7-9-16(10-8-14)21(22,23)24/h2-10,15,18-19H,1H3. The van der Waals surface area contributed by atoms with Gasteiger partial charge in [-0.15, -0.1) is 0 Å². The van der Waals surface area contributed by atoms with Gasteiger partial charge < -0.3 is 0 Å². The fourth-order valence-electron chi connectivity index (χ4n) is 3.41. The van der Waals surface area contributed by atoms with E-state index in [1.165, 1.54) is 17.1 Å². The minimum absolute atomic E-state index is 0.300. The fraction of sp³-hybridized carbons (Fsp3) is 0.238. The van der Waals surface area contributed by atoms with Crippen LogP contribution in [0.5, 0.6) is 0 Å². The third-order valence-electron chi connectivity index (χ3n) is 4.80. The number of benzene rings is 2. The Morgan fingerprint density at radius 2 is 1.62 bits per heavy atom. The molecule has 2 unspecified atom stereocenters. The van der Waals surface area contributed by atoms with Gasteiger partial charge in [0.25, 0.3) is 5.91 Å². The molecule has 0 saturated heterocycles. The summed E-state index contributed by atoms with van der Waals surface area (Å²) in [6.07, 6.45) is -4.51. The van der Waals surface area contributed by atoms with Gasteiger partial charge in [0.05, 0.1) is 29.3 Å². The highest BCUT2D eigenvalue weighted by Gasteiger charge is 2.44. The lowest BCUT2D eigenvalue weighted by atomic mass is 9.75. The number of amides is 1. The summed E-state index contributed by atoms with van der Waals surface area (Å²) in [5.41, 5.74) is 0.365. The number of nitriles is 2. The molecular weight excluding hydrogens is 381 g/mol. The average Bonchev–Trinajstić information content (AvgIpc) is 3.00. The Bertz CT molecular complexity index is 1000. The first kappa shape index (κ1) is 20.1. The number of anilines is 1. The van der Waals surface area contributed by atoms with E-state index in [2.05, 4.69) is 5.10 Å². The molecule has 0 fully saturated rings. The highest BCUT2D eigenvalue weighted by molar-refractivity contribution is 6.15. The number of carbonyl (C=O) groups excluding carboxylic acids is 1. The lowest BCUT2D eigenvalue weighted by Crippen LogP contribution is -2.34. The van der Waals surface area contributed by atoms with Crippen molar-refractivity contribution in [3.05, 3.63) is 65.7 Å². The van der Waals surface area contributed by atoms with Crippen LogP contribution in [0.4, 0.5) is 18.9 Å². The van der Waals surface area contributed by atoms with Crippen molar-refractivity contribution in [1.29, 1.82) is 10.5 Å². The predicted molar refractivity (Wildman–Crippen MR) is 99.4 cm³/mol. The molecule has 1 amide bonds. The summed E-state index contributed by atoms with van der Waals surface area (Å²) in [7, 11) is 0. The van der Waals surface area contributed by atoms with Gasteiger partial charge in [-0.3, -0.25) is 4.79 Å². The van der Waals surface area contributed by atoms with Crippen LogP contribution in [0.15, 0.2) is 59.7 Å². The first-order valence-corrected chi connectivity index (χ1v) is 8.68. The molecule has 0 radical (unpaired) electrons. The quantitative estimate of drug-likeness (QED) is 0.764. The van der Waals surface area contributed by atoms with E-state index in [1.54, 1.807) is 37.3 Å². The Kier molecular flexibility index (Phi) is 5.38. The third kappa shape index (κ3) is 3.83. The van der Waals surface area contributed by atoms with Gasteiger partial charge >= 0.3 is 6.18 Å². The molecule has 5 nitrogen and oxygen atoms in total. The Hall–Kier alpha value is -3.65. The van der Waals surface area contributed by atoms with E-state index in [-0.39, 0.29) is 0 Å². The second-order valence-corrected chi connectivity index (χ2v) is 6.59. The highest BCUT2D eigenvalue weighted by atomic mass is 19.4. The summed E-state index contributed by atoms with van der Waals surface area (Å²) in [6.45, 7) is 1.61. The summed E-state index contributed by atoms with van der Waals surface area (Å²) < 4.78 is 38.7. The van der Waals surface area contributed by atoms with Crippen molar-refractivity contribution < 1.29 is 18.0 Å². The molecule has 29 heavy (non-hydrogen) atoms. The van der Waals surface area contributed by atoms with E-state index in [4.69, 9.17) is 0 Å². The van der Waals surface area contributed by atoms with Gasteiger partial charge in [0.2, 0.25) is 0 Å². The van der Waals surface area contributed by atoms with Crippen LogP contribution in [-0.4, -0.2) is 11.6 Å².